The van der Waals surface area contributed by atoms with E-state index < -0.39 is 0 Å². The predicted molar refractivity (Wildman–Crippen MR) is 122 cm³/mol. The van der Waals surface area contributed by atoms with Gasteiger partial charge in [0.05, 0.1) is 0 Å². The first-order valence-electron chi connectivity index (χ1n) is 10.2. The van der Waals surface area contributed by atoms with Crippen LogP contribution in [0.3, 0.4) is 0 Å². The average molecular weight is 404 g/mol. The summed E-state index contributed by atoms with van der Waals surface area (Å²) in [6.07, 6.45) is 4.33. The molecule has 0 bridgehead atoms. The van der Waals surface area contributed by atoms with E-state index in [2.05, 4.69) is 67.5 Å². The maximum Gasteiger partial charge on any atom is 0.277 e. The molecular weight excluding hydrogens is 374 g/mol. The smallest absolute Gasteiger partial charge is 0.277 e. The monoisotopic (exact) mass is 403 g/mol. The van der Waals surface area contributed by atoms with Crippen molar-refractivity contribution in [1.29, 1.82) is 0 Å². The number of rotatable bonds is 7. The summed E-state index contributed by atoms with van der Waals surface area (Å²) in [6, 6.07) is 18.2. The number of fused-ring (bicyclic) bond motifs is 1. The molecule has 0 spiro atoms. The summed E-state index contributed by atoms with van der Waals surface area (Å²) >= 11 is 0. The van der Waals surface area contributed by atoms with Gasteiger partial charge in [-0.1, -0.05) is 70.2 Å². The zero-order valence-corrected chi connectivity index (χ0v) is 18.1. The van der Waals surface area contributed by atoms with Gasteiger partial charge in [0, 0.05) is 17.8 Å². The van der Waals surface area contributed by atoms with Crippen LogP contribution in [0, 0.1) is 5.92 Å². The van der Waals surface area contributed by atoms with Gasteiger partial charge in [-0.05, 0) is 41.0 Å². The minimum atomic E-state index is -0.305. The Kier molecular flexibility index (Phi) is 6.83. The minimum Gasteiger partial charge on any atom is -0.481 e. The molecule has 0 aliphatic rings. The Morgan fingerprint density at radius 3 is 2.60 bits per heavy atom. The molecule has 0 saturated carbocycles. The lowest BCUT2D eigenvalue weighted by Crippen LogP contribution is -2.25. The maximum absolute atomic E-state index is 12.1. The summed E-state index contributed by atoms with van der Waals surface area (Å²) in [4.78, 5) is 16.4. The quantitative estimate of drug-likeness (QED) is 0.451. The highest BCUT2D eigenvalue weighted by atomic mass is 16.5. The Labute approximate surface area is 178 Å². The third-order valence-electron chi connectivity index (χ3n) is 4.85. The highest BCUT2D eigenvalue weighted by Gasteiger charge is 2.13. The SMILES string of the molecule is CC(C=NNC(=O)COc1cccc2cccnc12)Cc1ccc(C(C)(C)C)cc1. The number of hydrazone groups is 1. The molecule has 0 radical (unpaired) electrons. The van der Waals surface area contributed by atoms with E-state index in [1.165, 1.54) is 11.1 Å². The second kappa shape index (κ2) is 9.53. The van der Waals surface area contributed by atoms with Gasteiger partial charge in [-0.3, -0.25) is 9.78 Å². The number of hydrogen-bond donors (Lipinski definition) is 1. The zero-order valence-electron chi connectivity index (χ0n) is 18.1. The fourth-order valence-corrected chi connectivity index (χ4v) is 3.17. The lowest BCUT2D eigenvalue weighted by Gasteiger charge is -2.19. The van der Waals surface area contributed by atoms with Gasteiger partial charge in [-0.2, -0.15) is 5.10 Å². The molecule has 2 aromatic carbocycles. The second-order valence-electron chi connectivity index (χ2n) is 8.56. The van der Waals surface area contributed by atoms with Crippen molar-refractivity contribution in [3.8, 4) is 5.75 Å². The Morgan fingerprint density at radius 1 is 1.13 bits per heavy atom. The third kappa shape index (κ3) is 5.89. The molecule has 3 rings (SSSR count). The molecule has 1 aromatic heterocycles. The van der Waals surface area contributed by atoms with E-state index in [9.17, 15) is 4.79 Å². The number of amides is 1. The Morgan fingerprint density at radius 2 is 1.87 bits per heavy atom. The Hall–Kier alpha value is -3.21. The van der Waals surface area contributed by atoms with E-state index in [1.54, 1.807) is 18.5 Å². The highest BCUT2D eigenvalue weighted by Crippen LogP contribution is 2.23. The van der Waals surface area contributed by atoms with Crippen molar-refractivity contribution in [3.63, 3.8) is 0 Å². The number of para-hydroxylation sites is 1. The Bertz CT molecular complexity index is 1020. The molecule has 1 amide bonds. The molecule has 0 saturated heterocycles. The molecule has 1 heterocycles. The fraction of sp³-hybridized carbons (Fsp3) is 0.320. The van der Waals surface area contributed by atoms with Gasteiger partial charge >= 0.3 is 0 Å². The molecule has 0 aliphatic carbocycles. The summed E-state index contributed by atoms with van der Waals surface area (Å²) in [5, 5.41) is 5.05. The van der Waals surface area contributed by atoms with Gasteiger partial charge < -0.3 is 4.74 Å². The summed E-state index contributed by atoms with van der Waals surface area (Å²) in [7, 11) is 0. The van der Waals surface area contributed by atoms with Crippen molar-refractivity contribution in [3.05, 3.63) is 71.9 Å². The Balaban J connectivity index is 1.47. The van der Waals surface area contributed by atoms with E-state index in [0.29, 0.717) is 5.75 Å². The average Bonchev–Trinajstić information content (AvgIpc) is 2.72. The molecule has 1 unspecified atom stereocenters. The number of benzene rings is 2. The number of nitrogens with zero attached hydrogens (tertiary/aromatic N) is 2. The van der Waals surface area contributed by atoms with Crippen LogP contribution in [0.4, 0.5) is 0 Å². The third-order valence-corrected chi connectivity index (χ3v) is 4.85. The van der Waals surface area contributed by atoms with Crippen LogP contribution < -0.4 is 10.2 Å². The van der Waals surface area contributed by atoms with Crippen molar-refractivity contribution in [2.75, 3.05) is 6.61 Å². The molecule has 5 nitrogen and oxygen atoms in total. The topological polar surface area (TPSA) is 63.6 Å². The molecule has 3 aromatic rings. The van der Waals surface area contributed by atoms with Crippen LogP contribution in [0.15, 0.2) is 65.9 Å². The normalized spacial score (nSPS) is 12.8. The van der Waals surface area contributed by atoms with Gasteiger partial charge in [-0.15, -0.1) is 0 Å². The van der Waals surface area contributed by atoms with Crippen molar-refractivity contribution >= 4 is 23.0 Å². The summed E-state index contributed by atoms with van der Waals surface area (Å²) in [5.41, 5.74) is 5.99. The van der Waals surface area contributed by atoms with Gasteiger partial charge in [0.15, 0.2) is 6.61 Å². The summed E-state index contributed by atoms with van der Waals surface area (Å²) in [6.45, 7) is 8.59. The van der Waals surface area contributed by atoms with E-state index in [4.69, 9.17) is 4.74 Å². The maximum atomic E-state index is 12.1. The number of ether oxygens (including phenoxy) is 1. The van der Waals surface area contributed by atoms with E-state index >= 15 is 0 Å². The first kappa shape index (κ1) is 21.5. The van der Waals surface area contributed by atoms with Crippen molar-refractivity contribution in [2.45, 2.75) is 39.5 Å². The highest BCUT2D eigenvalue weighted by molar-refractivity contribution is 5.85. The largest absolute Gasteiger partial charge is 0.481 e. The first-order chi connectivity index (χ1) is 14.3. The van der Waals surface area contributed by atoms with Crippen molar-refractivity contribution in [2.24, 2.45) is 11.0 Å². The van der Waals surface area contributed by atoms with Crippen molar-refractivity contribution in [1.82, 2.24) is 10.4 Å². The molecule has 5 heteroatoms. The van der Waals surface area contributed by atoms with Gasteiger partial charge in [0.25, 0.3) is 5.91 Å². The van der Waals surface area contributed by atoms with Crippen LogP contribution in [0.5, 0.6) is 5.75 Å². The molecule has 156 valence electrons. The number of carbonyl (C=O) groups is 1. The van der Waals surface area contributed by atoms with Crippen LogP contribution in [0.1, 0.15) is 38.8 Å². The molecule has 1 atom stereocenters. The zero-order chi connectivity index (χ0) is 21.6. The standard InChI is InChI=1S/C25H29N3O2/c1-18(15-19-10-12-21(13-11-19)25(2,3)4)16-27-28-23(29)17-30-22-9-5-7-20-8-6-14-26-24(20)22/h5-14,16,18H,15,17H2,1-4H3,(H,28,29). The van der Waals surface area contributed by atoms with Crippen LogP contribution in [-0.2, 0) is 16.6 Å². The van der Waals surface area contributed by atoms with Crippen LogP contribution in [0.25, 0.3) is 10.9 Å². The molecular formula is C25H29N3O2. The molecule has 0 fully saturated rings. The van der Waals surface area contributed by atoms with Crippen molar-refractivity contribution < 1.29 is 9.53 Å². The lowest BCUT2D eigenvalue weighted by molar-refractivity contribution is -0.123. The molecule has 30 heavy (non-hydrogen) atoms. The lowest BCUT2D eigenvalue weighted by atomic mass is 9.86. The van der Waals surface area contributed by atoms with E-state index in [0.717, 1.165) is 17.3 Å². The second-order valence-corrected chi connectivity index (χ2v) is 8.56. The number of nitrogens with one attached hydrogen (secondary N) is 1. The van der Waals surface area contributed by atoms with E-state index in [1.807, 2.05) is 24.3 Å². The van der Waals surface area contributed by atoms with Crippen LogP contribution in [-0.4, -0.2) is 23.7 Å². The van der Waals surface area contributed by atoms with Gasteiger partial charge in [0.2, 0.25) is 0 Å². The summed E-state index contributed by atoms with van der Waals surface area (Å²) in [5.74, 6) is 0.481. The van der Waals surface area contributed by atoms with E-state index in [-0.39, 0.29) is 23.8 Å². The molecule has 0 aliphatic heterocycles. The number of aromatic nitrogens is 1. The van der Waals surface area contributed by atoms with Crippen LogP contribution >= 0.6 is 0 Å². The number of hydrogen-bond acceptors (Lipinski definition) is 4. The fourth-order valence-electron chi connectivity index (χ4n) is 3.17. The first-order valence-corrected chi connectivity index (χ1v) is 10.2. The van der Waals surface area contributed by atoms with Crippen LogP contribution in [0.2, 0.25) is 0 Å². The van der Waals surface area contributed by atoms with Gasteiger partial charge in [-0.25, -0.2) is 5.43 Å². The number of carbonyl (C=O) groups excluding carboxylic acids is 1. The molecule has 1 N–H and O–H groups in total. The predicted octanol–water partition coefficient (Wildman–Crippen LogP) is 4.89. The minimum absolute atomic E-state index is 0.115. The van der Waals surface area contributed by atoms with Gasteiger partial charge in [0.1, 0.15) is 11.3 Å². The summed E-state index contributed by atoms with van der Waals surface area (Å²) < 4.78 is 5.62. The number of pyridine rings is 1.